The predicted molar refractivity (Wildman–Crippen MR) is 161 cm³/mol. The van der Waals surface area contributed by atoms with Crippen LogP contribution < -0.4 is 0 Å². The molecule has 9 nitrogen and oxygen atoms in total. The molecule has 3 aromatic carbocycles. The molecule has 2 unspecified atom stereocenters. The molecule has 43 heavy (non-hydrogen) atoms. The van der Waals surface area contributed by atoms with Crippen LogP contribution in [0, 0.1) is 0 Å². The van der Waals surface area contributed by atoms with Gasteiger partial charge in [0.1, 0.15) is 30.0 Å². The number of hydrogen-bond donors (Lipinski definition) is 3. The third-order valence-corrected chi connectivity index (χ3v) is 7.22. The summed E-state index contributed by atoms with van der Waals surface area (Å²) in [6, 6.07) is 26.9. The Kier molecular flexibility index (Phi) is 11.7. The van der Waals surface area contributed by atoms with Crippen LogP contribution in [-0.4, -0.2) is 81.6 Å². The van der Waals surface area contributed by atoms with E-state index in [0.717, 1.165) is 16.7 Å². The Balaban J connectivity index is 1.72. The van der Waals surface area contributed by atoms with Crippen molar-refractivity contribution in [2.24, 2.45) is 0 Å². The highest BCUT2D eigenvalue weighted by molar-refractivity contribution is 5.70. The van der Waals surface area contributed by atoms with Gasteiger partial charge in [0.25, 0.3) is 0 Å². The van der Waals surface area contributed by atoms with Crippen LogP contribution in [0.5, 0.6) is 0 Å². The van der Waals surface area contributed by atoms with Gasteiger partial charge in [-0.2, -0.15) is 0 Å². The number of nitrogens with zero attached hydrogens (tertiary/aromatic N) is 1. The first-order valence-electron chi connectivity index (χ1n) is 14.6. The molecule has 0 saturated carbocycles. The van der Waals surface area contributed by atoms with Gasteiger partial charge in [-0.1, -0.05) is 91.0 Å². The number of aliphatic hydroxyl groups is 3. The average molecular weight is 594 g/mol. The summed E-state index contributed by atoms with van der Waals surface area (Å²) < 4.78 is 24.9. The fourth-order valence-corrected chi connectivity index (χ4v) is 5.20. The van der Waals surface area contributed by atoms with Crippen molar-refractivity contribution in [3.63, 3.8) is 0 Å². The van der Waals surface area contributed by atoms with Crippen LogP contribution in [0.3, 0.4) is 0 Å². The normalized spacial score (nSPS) is 21.9. The molecule has 0 aromatic heterocycles. The van der Waals surface area contributed by atoms with Crippen molar-refractivity contribution in [3.8, 4) is 0 Å². The van der Waals surface area contributed by atoms with Gasteiger partial charge < -0.3 is 34.3 Å². The van der Waals surface area contributed by atoms with Crippen LogP contribution in [0.1, 0.15) is 37.5 Å². The molecule has 3 aromatic rings. The minimum atomic E-state index is -1.57. The van der Waals surface area contributed by atoms with E-state index in [-0.39, 0.29) is 26.4 Å². The lowest BCUT2D eigenvalue weighted by Crippen LogP contribution is -2.56. The van der Waals surface area contributed by atoms with Crippen LogP contribution >= 0.6 is 0 Å². The zero-order chi connectivity index (χ0) is 30.8. The van der Waals surface area contributed by atoms with Crippen molar-refractivity contribution in [1.29, 1.82) is 0 Å². The summed E-state index contributed by atoms with van der Waals surface area (Å²) in [4.78, 5) is 15.2. The largest absolute Gasteiger partial charge is 0.444 e. The van der Waals surface area contributed by atoms with Crippen molar-refractivity contribution in [2.75, 3.05) is 13.2 Å². The molecule has 0 radical (unpaired) electrons. The van der Waals surface area contributed by atoms with E-state index in [1.54, 1.807) is 20.8 Å². The number of carbonyl (C=O) groups is 1. The van der Waals surface area contributed by atoms with Gasteiger partial charge in [-0.3, -0.25) is 4.90 Å². The lowest BCUT2D eigenvalue weighted by Gasteiger charge is -2.36. The zero-order valence-electron chi connectivity index (χ0n) is 25.0. The second-order valence-electron chi connectivity index (χ2n) is 11.7. The van der Waals surface area contributed by atoms with E-state index in [0.29, 0.717) is 0 Å². The van der Waals surface area contributed by atoms with E-state index in [4.69, 9.17) is 18.9 Å². The molecule has 1 saturated heterocycles. The van der Waals surface area contributed by atoms with Gasteiger partial charge in [-0.15, -0.1) is 0 Å². The summed E-state index contributed by atoms with van der Waals surface area (Å²) in [5, 5.41) is 31.8. The zero-order valence-corrected chi connectivity index (χ0v) is 25.0. The maximum Gasteiger partial charge on any atom is 0.411 e. The first-order chi connectivity index (χ1) is 20.7. The van der Waals surface area contributed by atoms with Gasteiger partial charge in [0.15, 0.2) is 0 Å². The molecule has 232 valence electrons. The van der Waals surface area contributed by atoms with Crippen LogP contribution in [0.2, 0.25) is 0 Å². The Hall–Kier alpha value is -3.31. The van der Waals surface area contributed by atoms with Gasteiger partial charge >= 0.3 is 6.09 Å². The molecule has 1 fully saturated rings. The standard InChI is InChI=1S/C34H43NO8/c1-34(2,3)43-33(39)35-27(23-40-20-24-13-7-4-8-14-24)31(41-21-25-15-9-5-10-16-25)32(29(35)30(38)28(37)19-36)42-22-26-17-11-6-12-18-26/h4-18,27-32,36-38H,19-23H2,1-3H3/t27-,28?,29-,30?,31-,32-/m1/s1. The van der Waals surface area contributed by atoms with Crippen LogP contribution in [0.4, 0.5) is 4.79 Å². The lowest BCUT2D eigenvalue weighted by molar-refractivity contribution is -0.113. The Bertz CT molecular complexity index is 1240. The number of aliphatic hydroxyl groups excluding tert-OH is 3. The molecular formula is C34H43NO8. The molecule has 1 aliphatic heterocycles. The van der Waals surface area contributed by atoms with Crippen molar-refractivity contribution in [1.82, 2.24) is 4.90 Å². The van der Waals surface area contributed by atoms with Gasteiger partial charge in [-0.25, -0.2) is 4.79 Å². The van der Waals surface area contributed by atoms with E-state index in [1.807, 2.05) is 91.0 Å². The number of amides is 1. The van der Waals surface area contributed by atoms with Gasteiger partial charge in [-0.05, 0) is 37.5 Å². The van der Waals surface area contributed by atoms with Gasteiger partial charge in [0.2, 0.25) is 0 Å². The molecule has 0 spiro atoms. The van der Waals surface area contributed by atoms with Gasteiger partial charge in [0.05, 0.1) is 45.1 Å². The van der Waals surface area contributed by atoms with Crippen molar-refractivity contribution < 1.29 is 39.1 Å². The van der Waals surface area contributed by atoms with E-state index in [2.05, 4.69) is 0 Å². The maximum atomic E-state index is 13.9. The first-order valence-corrected chi connectivity index (χ1v) is 14.6. The average Bonchev–Trinajstić information content (AvgIpc) is 3.31. The smallest absolute Gasteiger partial charge is 0.411 e. The Morgan fingerprint density at radius 1 is 0.767 bits per heavy atom. The summed E-state index contributed by atoms with van der Waals surface area (Å²) in [6.07, 6.45) is -5.51. The SMILES string of the molecule is CC(C)(C)OC(=O)N1[C@H](COCc2ccccc2)[C@@H](OCc2ccccc2)[C@H](OCc2ccccc2)[C@H]1C(O)C(O)CO. The van der Waals surface area contributed by atoms with Gasteiger partial charge in [0, 0.05) is 0 Å². The molecule has 0 bridgehead atoms. The van der Waals surface area contributed by atoms with E-state index in [1.165, 1.54) is 4.90 Å². The summed E-state index contributed by atoms with van der Waals surface area (Å²) >= 11 is 0. The molecule has 9 heteroatoms. The third-order valence-electron chi connectivity index (χ3n) is 7.22. The quantitative estimate of drug-likeness (QED) is 0.272. The summed E-state index contributed by atoms with van der Waals surface area (Å²) in [5.74, 6) is 0. The minimum absolute atomic E-state index is 0.0389. The van der Waals surface area contributed by atoms with Crippen LogP contribution in [-0.2, 0) is 38.8 Å². The Morgan fingerprint density at radius 3 is 1.70 bits per heavy atom. The number of benzene rings is 3. The number of hydrogen-bond acceptors (Lipinski definition) is 8. The number of rotatable bonds is 13. The molecule has 1 aliphatic rings. The number of carbonyl (C=O) groups excluding carboxylic acids is 1. The fraction of sp³-hybridized carbons (Fsp3) is 0.441. The second-order valence-corrected chi connectivity index (χ2v) is 11.7. The predicted octanol–water partition coefficient (Wildman–Crippen LogP) is 4.08. The third kappa shape index (κ3) is 9.09. The number of ether oxygens (including phenoxy) is 4. The molecule has 0 aliphatic carbocycles. The molecule has 4 rings (SSSR count). The summed E-state index contributed by atoms with van der Waals surface area (Å²) in [7, 11) is 0. The topological polar surface area (TPSA) is 118 Å². The molecule has 3 N–H and O–H groups in total. The van der Waals surface area contributed by atoms with Crippen molar-refractivity contribution >= 4 is 6.09 Å². The lowest BCUT2D eigenvalue weighted by atomic mass is 9.99. The number of likely N-dealkylation sites (tertiary alicyclic amines) is 1. The Labute approximate surface area is 253 Å². The van der Waals surface area contributed by atoms with Crippen molar-refractivity contribution in [2.45, 2.75) is 82.7 Å². The first kappa shape index (κ1) is 32.6. The molecule has 1 heterocycles. The maximum absolute atomic E-state index is 13.9. The fourth-order valence-electron chi connectivity index (χ4n) is 5.20. The van der Waals surface area contributed by atoms with Crippen LogP contribution in [0.15, 0.2) is 91.0 Å². The second kappa shape index (κ2) is 15.4. The van der Waals surface area contributed by atoms with Crippen molar-refractivity contribution in [3.05, 3.63) is 108 Å². The monoisotopic (exact) mass is 593 g/mol. The van der Waals surface area contributed by atoms with E-state index >= 15 is 0 Å². The van der Waals surface area contributed by atoms with E-state index in [9.17, 15) is 20.1 Å². The highest BCUT2D eigenvalue weighted by Crippen LogP contribution is 2.36. The van der Waals surface area contributed by atoms with E-state index < -0.39 is 54.8 Å². The molecule has 6 atom stereocenters. The highest BCUT2D eigenvalue weighted by Gasteiger charge is 2.57. The van der Waals surface area contributed by atoms with Crippen LogP contribution in [0.25, 0.3) is 0 Å². The molecular weight excluding hydrogens is 550 g/mol. The summed E-state index contributed by atoms with van der Waals surface area (Å²) in [5.41, 5.74) is 1.90. The Morgan fingerprint density at radius 2 is 1.23 bits per heavy atom. The minimum Gasteiger partial charge on any atom is -0.444 e. The molecule has 1 amide bonds. The highest BCUT2D eigenvalue weighted by atomic mass is 16.6. The summed E-state index contributed by atoms with van der Waals surface area (Å²) in [6.45, 7) is 5.24.